The first kappa shape index (κ1) is 13.2. The second kappa shape index (κ2) is 5.59. The van der Waals surface area contributed by atoms with Crippen LogP contribution < -0.4 is 15.4 Å². The van der Waals surface area contributed by atoms with E-state index in [-0.39, 0.29) is 0 Å². The van der Waals surface area contributed by atoms with E-state index in [2.05, 4.69) is 35.9 Å². The number of anilines is 1. The summed E-state index contributed by atoms with van der Waals surface area (Å²) in [6.45, 7) is 5.00. The van der Waals surface area contributed by atoms with Gasteiger partial charge in [-0.1, -0.05) is 6.07 Å². The molecule has 2 unspecified atom stereocenters. The first-order chi connectivity index (χ1) is 8.65. The standard InChI is InChI=1S/C14H23N3O/c1-11-9-16(2)10-13(8-15)17(11)12-5-4-6-14(7-12)18-3/h4-7,11,13H,8-10,15H2,1-3H3. The summed E-state index contributed by atoms with van der Waals surface area (Å²) in [5.74, 6) is 0.898. The summed E-state index contributed by atoms with van der Waals surface area (Å²) in [4.78, 5) is 4.77. The Hall–Kier alpha value is -1.26. The normalized spacial score (nSPS) is 25.2. The van der Waals surface area contributed by atoms with Gasteiger partial charge in [0, 0.05) is 37.4 Å². The van der Waals surface area contributed by atoms with Crippen LogP contribution in [0.5, 0.6) is 5.75 Å². The van der Waals surface area contributed by atoms with E-state index in [1.54, 1.807) is 7.11 Å². The number of hydrogen-bond donors (Lipinski definition) is 1. The lowest BCUT2D eigenvalue weighted by Gasteiger charge is -2.45. The van der Waals surface area contributed by atoms with E-state index in [9.17, 15) is 0 Å². The summed E-state index contributed by atoms with van der Waals surface area (Å²) in [7, 11) is 3.86. The summed E-state index contributed by atoms with van der Waals surface area (Å²) in [6.07, 6.45) is 0. The van der Waals surface area contributed by atoms with E-state index in [4.69, 9.17) is 10.5 Å². The van der Waals surface area contributed by atoms with Crippen LogP contribution in [0.15, 0.2) is 24.3 Å². The van der Waals surface area contributed by atoms with Crippen LogP contribution in [-0.2, 0) is 0 Å². The Balaban J connectivity index is 2.27. The van der Waals surface area contributed by atoms with Crippen molar-refractivity contribution >= 4 is 5.69 Å². The first-order valence-corrected chi connectivity index (χ1v) is 6.46. The van der Waals surface area contributed by atoms with Crippen LogP contribution in [0.4, 0.5) is 5.69 Å². The number of nitrogens with zero attached hydrogens (tertiary/aromatic N) is 2. The Bertz CT molecular complexity index is 396. The highest BCUT2D eigenvalue weighted by Crippen LogP contribution is 2.27. The van der Waals surface area contributed by atoms with Crippen LogP contribution in [0.3, 0.4) is 0 Å². The summed E-state index contributed by atoms with van der Waals surface area (Å²) in [6, 6.07) is 9.06. The molecule has 0 amide bonds. The summed E-state index contributed by atoms with van der Waals surface area (Å²) in [5, 5.41) is 0. The van der Waals surface area contributed by atoms with Gasteiger partial charge in [-0.3, -0.25) is 0 Å². The Morgan fingerprint density at radius 2 is 2.17 bits per heavy atom. The highest BCUT2D eigenvalue weighted by Gasteiger charge is 2.29. The van der Waals surface area contributed by atoms with Crippen LogP contribution >= 0.6 is 0 Å². The number of rotatable bonds is 3. The Labute approximate surface area is 109 Å². The quantitative estimate of drug-likeness (QED) is 0.873. The van der Waals surface area contributed by atoms with Crippen molar-refractivity contribution in [2.24, 2.45) is 5.73 Å². The molecule has 2 N–H and O–H groups in total. The van der Waals surface area contributed by atoms with E-state index >= 15 is 0 Å². The molecular weight excluding hydrogens is 226 g/mol. The van der Waals surface area contributed by atoms with E-state index in [0.29, 0.717) is 18.6 Å². The SMILES string of the molecule is COc1cccc(N2C(C)CN(C)CC2CN)c1. The molecule has 2 rings (SSSR count). The zero-order chi connectivity index (χ0) is 13.1. The lowest BCUT2D eigenvalue weighted by molar-refractivity contribution is 0.235. The second-order valence-corrected chi connectivity index (χ2v) is 5.07. The molecule has 18 heavy (non-hydrogen) atoms. The minimum atomic E-state index is 0.367. The van der Waals surface area contributed by atoms with Gasteiger partial charge in [0.1, 0.15) is 5.75 Å². The van der Waals surface area contributed by atoms with E-state index in [1.165, 1.54) is 5.69 Å². The molecule has 1 aliphatic rings. The van der Waals surface area contributed by atoms with Gasteiger partial charge in [-0.15, -0.1) is 0 Å². The maximum absolute atomic E-state index is 5.93. The molecule has 2 atom stereocenters. The zero-order valence-electron chi connectivity index (χ0n) is 11.5. The van der Waals surface area contributed by atoms with Crippen molar-refractivity contribution in [2.45, 2.75) is 19.0 Å². The molecule has 4 heteroatoms. The average Bonchev–Trinajstić information content (AvgIpc) is 2.37. The fraction of sp³-hybridized carbons (Fsp3) is 0.571. The summed E-state index contributed by atoms with van der Waals surface area (Å²) >= 11 is 0. The summed E-state index contributed by atoms with van der Waals surface area (Å²) in [5.41, 5.74) is 7.13. The average molecular weight is 249 g/mol. The minimum Gasteiger partial charge on any atom is -0.497 e. The monoisotopic (exact) mass is 249 g/mol. The molecule has 100 valence electrons. The fourth-order valence-corrected chi connectivity index (χ4v) is 2.85. The highest BCUT2D eigenvalue weighted by molar-refractivity contribution is 5.53. The third kappa shape index (κ3) is 2.60. The van der Waals surface area contributed by atoms with Crippen molar-refractivity contribution < 1.29 is 4.74 Å². The molecule has 1 aromatic carbocycles. The van der Waals surface area contributed by atoms with E-state index < -0.39 is 0 Å². The Morgan fingerprint density at radius 1 is 1.39 bits per heavy atom. The maximum Gasteiger partial charge on any atom is 0.120 e. The number of ether oxygens (including phenoxy) is 1. The van der Waals surface area contributed by atoms with Gasteiger partial charge in [0.2, 0.25) is 0 Å². The van der Waals surface area contributed by atoms with Crippen LogP contribution in [0.25, 0.3) is 0 Å². The Morgan fingerprint density at radius 3 is 2.83 bits per heavy atom. The fourth-order valence-electron chi connectivity index (χ4n) is 2.85. The second-order valence-electron chi connectivity index (χ2n) is 5.07. The molecule has 0 aliphatic carbocycles. The first-order valence-electron chi connectivity index (χ1n) is 6.46. The van der Waals surface area contributed by atoms with Crippen molar-refractivity contribution in [1.29, 1.82) is 0 Å². The lowest BCUT2D eigenvalue weighted by atomic mass is 10.1. The third-order valence-electron chi connectivity index (χ3n) is 3.59. The number of methoxy groups -OCH3 is 1. The van der Waals surface area contributed by atoms with Gasteiger partial charge in [0.05, 0.1) is 13.2 Å². The molecular formula is C14H23N3O. The van der Waals surface area contributed by atoms with Crippen molar-refractivity contribution in [1.82, 2.24) is 4.90 Å². The molecule has 0 spiro atoms. The number of likely N-dealkylation sites (N-methyl/N-ethyl adjacent to an activating group) is 1. The van der Waals surface area contributed by atoms with E-state index in [1.807, 2.05) is 12.1 Å². The lowest BCUT2D eigenvalue weighted by Crippen LogP contribution is -2.59. The minimum absolute atomic E-state index is 0.367. The number of piperazine rings is 1. The molecule has 0 saturated carbocycles. The highest BCUT2D eigenvalue weighted by atomic mass is 16.5. The number of nitrogens with two attached hydrogens (primary N) is 1. The molecule has 0 bridgehead atoms. The molecule has 1 aromatic rings. The topological polar surface area (TPSA) is 41.7 Å². The van der Waals surface area contributed by atoms with Crippen LogP contribution in [0, 0.1) is 0 Å². The largest absolute Gasteiger partial charge is 0.497 e. The van der Waals surface area contributed by atoms with Gasteiger partial charge >= 0.3 is 0 Å². The summed E-state index contributed by atoms with van der Waals surface area (Å²) < 4.78 is 5.30. The maximum atomic E-state index is 5.93. The van der Waals surface area contributed by atoms with E-state index in [0.717, 1.165) is 18.8 Å². The molecule has 4 nitrogen and oxygen atoms in total. The number of hydrogen-bond acceptors (Lipinski definition) is 4. The van der Waals surface area contributed by atoms with Crippen LogP contribution in [-0.4, -0.2) is 50.8 Å². The molecule has 1 heterocycles. The Kier molecular flexibility index (Phi) is 4.09. The smallest absolute Gasteiger partial charge is 0.120 e. The van der Waals surface area contributed by atoms with Gasteiger partial charge in [-0.05, 0) is 26.1 Å². The van der Waals surface area contributed by atoms with Gasteiger partial charge in [-0.2, -0.15) is 0 Å². The van der Waals surface area contributed by atoms with Gasteiger partial charge in [0.25, 0.3) is 0 Å². The van der Waals surface area contributed by atoms with Crippen molar-refractivity contribution in [3.8, 4) is 5.75 Å². The van der Waals surface area contributed by atoms with Crippen molar-refractivity contribution in [3.63, 3.8) is 0 Å². The van der Waals surface area contributed by atoms with Crippen molar-refractivity contribution in [2.75, 3.05) is 38.7 Å². The predicted octanol–water partition coefficient (Wildman–Crippen LogP) is 1.16. The van der Waals surface area contributed by atoms with Gasteiger partial charge in [0.15, 0.2) is 0 Å². The third-order valence-corrected chi connectivity index (χ3v) is 3.59. The van der Waals surface area contributed by atoms with Crippen molar-refractivity contribution in [3.05, 3.63) is 24.3 Å². The molecule has 1 saturated heterocycles. The van der Waals surface area contributed by atoms with Gasteiger partial charge < -0.3 is 20.3 Å². The number of benzene rings is 1. The predicted molar refractivity (Wildman–Crippen MR) is 75.3 cm³/mol. The molecule has 1 fully saturated rings. The molecule has 1 aliphatic heterocycles. The molecule has 0 aromatic heterocycles. The van der Waals surface area contributed by atoms with Gasteiger partial charge in [-0.25, -0.2) is 0 Å². The zero-order valence-corrected chi connectivity index (χ0v) is 11.5. The molecule has 0 radical (unpaired) electrons. The van der Waals surface area contributed by atoms with Crippen LogP contribution in [0.1, 0.15) is 6.92 Å². The van der Waals surface area contributed by atoms with Crippen LogP contribution in [0.2, 0.25) is 0 Å².